The summed E-state index contributed by atoms with van der Waals surface area (Å²) >= 11 is 0. The molecule has 2 aromatic rings. The summed E-state index contributed by atoms with van der Waals surface area (Å²) in [7, 11) is 3.07. The largest absolute Gasteiger partial charge is 0.497 e. The first kappa shape index (κ1) is 23.6. The van der Waals surface area contributed by atoms with Crippen LogP contribution in [0.2, 0.25) is 0 Å². The quantitative estimate of drug-likeness (QED) is 0.618. The second-order valence-corrected chi connectivity index (χ2v) is 8.32. The van der Waals surface area contributed by atoms with Gasteiger partial charge in [0.2, 0.25) is 11.8 Å². The SMILES string of the molecule is COc1ccc(OC)c(N2CC(C(=O)Nc3ccccc3C(=O)NCC3CCCO3)CC2=O)c1. The number of amides is 3. The van der Waals surface area contributed by atoms with Crippen molar-refractivity contribution in [1.82, 2.24) is 5.32 Å². The second-order valence-electron chi connectivity index (χ2n) is 8.32. The molecule has 2 aliphatic rings. The Balaban J connectivity index is 1.44. The van der Waals surface area contributed by atoms with Crippen molar-refractivity contribution in [3.63, 3.8) is 0 Å². The molecule has 2 fully saturated rings. The van der Waals surface area contributed by atoms with Crippen molar-refractivity contribution in [2.45, 2.75) is 25.4 Å². The van der Waals surface area contributed by atoms with E-state index in [2.05, 4.69) is 10.6 Å². The van der Waals surface area contributed by atoms with Crippen LogP contribution in [0.1, 0.15) is 29.6 Å². The summed E-state index contributed by atoms with van der Waals surface area (Å²) in [6, 6.07) is 12.0. The van der Waals surface area contributed by atoms with Gasteiger partial charge in [0.15, 0.2) is 0 Å². The molecular formula is C25H29N3O6. The number of nitrogens with zero attached hydrogens (tertiary/aromatic N) is 1. The van der Waals surface area contributed by atoms with Crippen molar-refractivity contribution in [3.8, 4) is 11.5 Å². The fraction of sp³-hybridized carbons (Fsp3) is 0.400. The van der Waals surface area contributed by atoms with Gasteiger partial charge in [-0.3, -0.25) is 14.4 Å². The molecule has 0 radical (unpaired) electrons. The Hall–Kier alpha value is -3.59. The summed E-state index contributed by atoms with van der Waals surface area (Å²) in [6.45, 7) is 1.34. The third-order valence-electron chi connectivity index (χ3n) is 6.12. The van der Waals surface area contributed by atoms with Crippen LogP contribution < -0.4 is 25.0 Å². The van der Waals surface area contributed by atoms with Gasteiger partial charge in [-0.2, -0.15) is 0 Å². The highest BCUT2D eigenvalue weighted by atomic mass is 16.5. The number of nitrogens with one attached hydrogen (secondary N) is 2. The molecular weight excluding hydrogens is 438 g/mol. The van der Waals surface area contributed by atoms with E-state index in [9.17, 15) is 14.4 Å². The lowest BCUT2D eigenvalue weighted by atomic mass is 10.1. The Labute approximate surface area is 198 Å². The molecule has 2 heterocycles. The number of para-hydroxylation sites is 1. The van der Waals surface area contributed by atoms with Crippen LogP contribution in [0.3, 0.4) is 0 Å². The molecule has 2 unspecified atom stereocenters. The van der Waals surface area contributed by atoms with E-state index >= 15 is 0 Å². The number of methoxy groups -OCH3 is 2. The molecule has 2 atom stereocenters. The molecule has 9 heteroatoms. The van der Waals surface area contributed by atoms with E-state index in [0.29, 0.717) is 41.6 Å². The molecule has 4 rings (SSSR count). The molecule has 0 bridgehead atoms. The fourth-order valence-corrected chi connectivity index (χ4v) is 4.26. The van der Waals surface area contributed by atoms with Gasteiger partial charge in [0.1, 0.15) is 11.5 Å². The molecule has 0 aliphatic carbocycles. The van der Waals surface area contributed by atoms with E-state index in [1.165, 1.54) is 12.0 Å². The van der Waals surface area contributed by atoms with Crippen molar-refractivity contribution < 1.29 is 28.6 Å². The standard InChI is InChI=1S/C25H29N3O6/c1-32-17-9-10-22(33-2)21(13-17)28-15-16(12-23(28)29)24(30)27-20-8-4-3-7-19(20)25(31)26-14-18-6-5-11-34-18/h3-4,7-10,13,16,18H,5-6,11-12,14-15H2,1-2H3,(H,26,31)(H,27,30). The highest BCUT2D eigenvalue weighted by Gasteiger charge is 2.37. The highest BCUT2D eigenvalue weighted by Crippen LogP contribution is 2.36. The smallest absolute Gasteiger partial charge is 0.253 e. The molecule has 9 nitrogen and oxygen atoms in total. The first-order valence-electron chi connectivity index (χ1n) is 11.3. The summed E-state index contributed by atoms with van der Waals surface area (Å²) < 4.78 is 16.2. The topological polar surface area (TPSA) is 106 Å². The van der Waals surface area contributed by atoms with Crippen molar-refractivity contribution in [1.29, 1.82) is 0 Å². The number of hydrogen-bond donors (Lipinski definition) is 2. The summed E-state index contributed by atoms with van der Waals surface area (Å²) in [4.78, 5) is 40.1. The number of rotatable bonds is 8. The summed E-state index contributed by atoms with van der Waals surface area (Å²) in [6.07, 6.45) is 1.99. The van der Waals surface area contributed by atoms with E-state index in [0.717, 1.165) is 12.8 Å². The van der Waals surface area contributed by atoms with Gasteiger partial charge in [-0.25, -0.2) is 0 Å². The predicted molar refractivity (Wildman–Crippen MR) is 126 cm³/mol. The van der Waals surface area contributed by atoms with Gasteiger partial charge in [-0.1, -0.05) is 12.1 Å². The minimum atomic E-state index is -0.577. The lowest BCUT2D eigenvalue weighted by Crippen LogP contribution is -2.33. The van der Waals surface area contributed by atoms with E-state index in [1.807, 2.05) is 0 Å². The number of carbonyl (C=O) groups is 3. The van der Waals surface area contributed by atoms with Gasteiger partial charge in [-0.15, -0.1) is 0 Å². The van der Waals surface area contributed by atoms with E-state index in [-0.39, 0.29) is 36.8 Å². The normalized spacial score (nSPS) is 19.7. The Kier molecular flexibility index (Phi) is 7.32. The molecule has 2 aliphatic heterocycles. The van der Waals surface area contributed by atoms with Crippen molar-refractivity contribution in [2.75, 3.05) is 44.1 Å². The summed E-state index contributed by atoms with van der Waals surface area (Å²) in [5, 5.41) is 5.72. The second kappa shape index (κ2) is 10.6. The molecule has 0 aromatic heterocycles. The fourth-order valence-electron chi connectivity index (χ4n) is 4.26. The third kappa shape index (κ3) is 5.14. The molecule has 3 amide bonds. The average molecular weight is 468 g/mol. The van der Waals surface area contributed by atoms with Crippen LogP contribution in [0, 0.1) is 5.92 Å². The lowest BCUT2D eigenvalue weighted by Gasteiger charge is -2.20. The highest BCUT2D eigenvalue weighted by molar-refractivity contribution is 6.07. The van der Waals surface area contributed by atoms with Crippen LogP contribution in [-0.2, 0) is 14.3 Å². The monoisotopic (exact) mass is 467 g/mol. The Morgan fingerprint density at radius 1 is 1.15 bits per heavy atom. The zero-order chi connectivity index (χ0) is 24.1. The van der Waals surface area contributed by atoms with Gasteiger partial charge in [-0.05, 0) is 37.1 Å². The molecule has 2 N–H and O–H groups in total. The van der Waals surface area contributed by atoms with Crippen molar-refractivity contribution in [3.05, 3.63) is 48.0 Å². The Morgan fingerprint density at radius 3 is 2.71 bits per heavy atom. The molecule has 180 valence electrons. The molecule has 2 saturated heterocycles. The molecule has 34 heavy (non-hydrogen) atoms. The molecule has 0 saturated carbocycles. The maximum Gasteiger partial charge on any atom is 0.253 e. The van der Waals surface area contributed by atoms with Crippen LogP contribution in [-0.4, -0.2) is 57.7 Å². The van der Waals surface area contributed by atoms with Crippen LogP contribution >= 0.6 is 0 Å². The number of anilines is 2. The van der Waals surface area contributed by atoms with Gasteiger partial charge < -0.3 is 29.7 Å². The van der Waals surface area contributed by atoms with Gasteiger partial charge >= 0.3 is 0 Å². The van der Waals surface area contributed by atoms with Crippen molar-refractivity contribution >= 4 is 29.1 Å². The molecule has 2 aromatic carbocycles. The Morgan fingerprint density at radius 2 is 1.97 bits per heavy atom. The van der Waals surface area contributed by atoms with E-state index in [4.69, 9.17) is 14.2 Å². The zero-order valence-corrected chi connectivity index (χ0v) is 19.3. The number of hydrogen-bond acceptors (Lipinski definition) is 6. The number of carbonyl (C=O) groups excluding carboxylic acids is 3. The first-order chi connectivity index (χ1) is 16.5. The maximum atomic E-state index is 13.1. The Bertz CT molecular complexity index is 1070. The van der Waals surface area contributed by atoms with Crippen molar-refractivity contribution in [2.24, 2.45) is 5.92 Å². The summed E-state index contributed by atoms with van der Waals surface area (Å²) in [5.74, 6) is -0.266. The summed E-state index contributed by atoms with van der Waals surface area (Å²) in [5.41, 5.74) is 1.32. The third-order valence-corrected chi connectivity index (χ3v) is 6.12. The minimum Gasteiger partial charge on any atom is -0.497 e. The van der Waals surface area contributed by atoms with E-state index in [1.54, 1.807) is 49.6 Å². The maximum absolute atomic E-state index is 13.1. The minimum absolute atomic E-state index is 0.0230. The number of benzene rings is 2. The van der Waals surface area contributed by atoms with Crippen LogP contribution in [0.5, 0.6) is 11.5 Å². The van der Waals surface area contributed by atoms with Crippen LogP contribution in [0.15, 0.2) is 42.5 Å². The van der Waals surface area contributed by atoms with Gasteiger partial charge in [0.05, 0.1) is 43.2 Å². The van der Waals surface area contributed by atoms with E-state index < -0.39 is 5.92 Å². The zero-order valence-electron chi connectivity index (χ0n) is 19.3. The predicted octanol–water partition coefficient (Wildman–Crippen LogP) is 2.60. The number of ether oxygens (including phenoxy) is 3. The van der Waals surface area contributed by atoms with Crippen LogP contribution in [0.4, 0.5) is 11.4 Å². The first-order valence-corrected chi connectivity index (χ1v) is 11.3. The molecule has 0 spiro atoms. The van der Waals surface area contributed by atoms with Gasteiger partial charge in [0.25, 0.3) is 5.91 Å². The van der Waals surface area contributed by atoms with Gasteiger partial charge in [0, 0.05) is 32.2 Å². The average Bonchev–Trinajstić information content (AvgIpc) is 3.52. The lowest BCUT2D eigenvalue weighted by molar-refractivity contribution is -0.122. The van der Waals surface area contributed by atoms with Crippen LogP contribution in [0.25, 0.3) is 0 Å².